The minimum absolute atomic E-state index is 0.0415. The van der Waals surface area contributed by atoms with Gasteiger partial charge in [0, 0.05) is 18.3 Å². The molecule has 1 heterocycles. The summed E-state index contributed by atoms with van der Waals surface area (Å²) in [6, 6.07) is 0. The van der Waals surface area contributed by atoms with Crippen molar-refractivity contribution in [2.75, 3.05) is 7.11 Å². The number of ether oxygens (including phenoxy) is 2. The highest BCUT2D eigenvalue weighted by Gasteiger charge is 2.71. The van der Waals surface area contributed by atoms with Gasteiger partial charge in [0.2, 0.25) is 0 Å². The van der Waals surface area contributed by atoms with Crippen molar-refractivity contribution < 1.29 is 29.0 Å². The summed E-state index contributed by atoms with van der Waals surface area (Å²) < 4.78 is 11.2. The Balaban J connectivity index is 1.62. The standard InChI is InChI=1S/C24H32O6/c1-22-7-4-14(25)10-13(22)11-15(21(28)29-3)19-16-5-8-24(9-6-18(27)30-24)23(16,2)12-17(26)20(19)22/h10,15-17,19-20,26H,4-9,11-12H2,1-3H3/t15?,16-,17+,19?,20?,22?,23?,24?/m0/s1. The van der Waals surface area contributed by atoms with Crippen LogP contribution >= 0.6 is 0 Å². The topological polar surface area (TPSA) is 89.9 Å². The maximum Gasteiger partial charge on any atom is 0.309 e. The molecule has 0 aromatic heterocycles. The van der Waals surface area contributed by atoms with E-state index in [9.17, 15) is 19.5 Å². The molecule has 0 aromatic rings. The molecule has 4 aliphatic carbocycles. The first-order chi connectivity index (χ1) is 14.1. The summed E-state index contributed by atoms with van der Waals surface area (Å²) in [5.74, 6) is -0.636. The van der Waals surface area contributed by atoms with Crippen LogP contribution in [0, 0.1) is 34.5 Å². The number of rotatable bonds is 1. The maximum atomic E-state index is 12.9. The summed E-state index contributed by atoms with van der Waals surface area (Å²) in [6.45, 7) is 4.33. The fourth-order valence-corrected chi connectivity index (χ4v) is 8.35. The molecule has 1 spiro atoms. The normalized spacial score (nSPS) is 49.7. The van der Waals surface area contributed by atoms with Crippen LogP contribution in [0.3, 0.4) is 0 Å². The van der Waals surface area contributed by atoms with Crippen LogP contribution in [0.5, 0.6) is 0 Å². The second-order valence-corrected chi connectivity index (χ2v) is 10.8. The summed E-state index contributed by atoms with van der Waals surface area (Å²) in [5.41, 5.74) is -0.168. The van der Waals surface area contributed by atoms with Crippen LogP contribution in [0.25, 0.3) is 0 Å². The molecule has 5 aliphatic rings. The minimum Gasteiger partial charge on any atom is -0.469 e. The molecular formula is C24H32O6. The highest BCUT2D eigenvalue weighted by molar-refractivity contribution is 5.92. The number of fused-ring (bicyclic) bond motifs is 6. The number of carbonyl (C=O) groups is 3. The van der Waals surface area contributed by atoms with Gasteiger partial charge in [0.15, 0.2) is 5.78 Å². The Hall–Kier alpha value is -1.69. The Bertz CT molecular complexity index is 847. The lowest BCUT2D eigenvalue weighted by molar-refractivity contribution is -0.197. The van der Waals surface area contributed by atoms with Gasteiger partial charge in [-0.25, -0.2) is 0 Å². The summed E-state index contributed by atoms with van der Waals surface area (Å²) in [7, 11) is 1.42. The van der Waals surface area contributed by atoms with Crippen LogP contribution in [-0.2, 0) is 23.9 Å². The van der Waals surface area contributed by atoms with Crippen molar-refractivity contribution in [1.29, 1.82) is 0 Å². The number of aliphatic hydroxyl groups is 1. The maximum absolute atomic E-state index is 12.9. The molecule has 3 saturated carbocycles. The van der Waals surface area contributed by atoms with E-state index in [1.165, 1.54) is 7.11 Å². The molecule has 30 heavy (non-hydrogen) atoms. The highest BCUT2D eigenvalue weighted by Crippen LogP contribution is 2.70. The van der Waals surface area contributed by atoms with Crippen LogP contribution in [0.15, 0.2) is 11.6 Å². The zero-order valence-corrected chi connectivity index (χ0v) is 18.1. The third-order valence-corrected chi connectivity index (χ3v) is 9.79. The van der Waals surface area contributed by atoms with E-state index in [1.54, 1.807) is 6.08 Å². The SMILES string of the molecule is COC(=O)C1CC2=CC(=O)CCC2(C)C2C1[C@@H]1CCC3(CCC(=O)O3)C1(C)C[C@H]2O. The Morgan fingerprint density at radius 2 is 1.97 bits per heavy atom. The number of methoxy groups -OCH3 is 1. The quantitative estimate of drug-likeness (QED) is 0.661. The van der Waals surface area contributed by atoms with Gasteiger partial charge in [-0.05, 0) is 67.8 Å². The summed E-state index contributed by atoms with van der Waals surface area (Å²) in [6.07, 6.45) is 6.21. The Kier molecular flexibility index (Phi) is 4.32. The Morgan fingerprint density at radius 1 is 1.20 bits per heavy atom. The lowest BCUT2D eigenvalue weighted by Crippen LogP contribution is -2.62. The molecule has 6 unspecified atom stereocenters. The fraction of sp³-hybridized carbons (Fsp3) is 0.792. The third kappa shape index (κ3) is 2.43. The van der Waals surface area contributed by atoms with Crippen molar-refractivity contribution >= 4 is 17.7 Å². The average Bonchev–Trinajstić information content (AvgIpc) is 3.21. The average molecular weight is 417 g/mol. The molecule has 1 saturated heterocycles. The second kappa shape index (κ2) is 6.41. The van der Waals surface area contributed by atoms with Crippen LogP contribution in [0.4, 0.5) is 0 Å². The van der Waals surface area contributed by atoms with Gasteiger partial charge in [-0.15, -0.1) is 0 Å². The molecule has 5 rings (SSSR count). The van der Waals surface area contributed by atoms with Gasteiger partial charge < -0.3 is 14.6 Å². The van der Waals surface area contributed by atoms with E-state index in [-0.39, 0.29) is 52.2 Å². The van der Waals surface area contributed by atoms with E-state index in [2.05, 4.69) is 13.8 Å². The number of aliphatic hydroxyl groups excluding tert-OH is 1. The third-order valence-electron chi connectivity index (χ3n) is 9.79. The minimum atomic E-state index is -0.611. The van der Waals surface area contributed by atoms with Gasteiger partial charge in [0.25, 0.3) is 0 Å². The molecule has 1 N–H and O–H groups in total. The zero-order valence-electron chi connectivity index (χ0n) is 18.1. The van der Waals surface area contributed by atoms with Crippen molar-refractivity contribution in [3.63, 3.8) is 0 Å². The predicted octanol–water partition coefficient (Wildman–Crippen LogP) is 2.96. The second-order valence-electron chi connectivity index (χ2n) is 10.8. The number of hydrogen-bond acceptors (Lipinski definition) is 6. The van der Waals surface area contributed by atoms with Gasteiger partial charge in [-0.1, -0.05) is 19.4 Å². The van der Waals surface area contributed by atoms with Crippen molar-refractivity contribution in [2.45, 2.75) is 76.9 Å². The molecule has 6 nitrogen and oxygen atoms in total. The molecule has 6 heteroatoms. The highest BCUT2D eigenvalue weighted by atomic mass is 16.6. The van der Waals surface area contributed by atoms with Crippen molar-refractivity contribution in [2.24, 2.45) is 34.5 Å². The predicted molar refractivity (Wildman–Crippen MR) is 107 cm³/mol. The van der Waals surface area contributed by atoms with E-state index in [0.29, 0.717) is 38.5 Å². The van der Waals surface area contributed by atoms with E-state index < -0.39 is 11.7 Å². The smallest absolute Gasteiger partial charge is 0.309 e. The Morgan fingerprint density at radius 3 is 2.63 bits per heavy atom. The fourth-order valence-electron chi connectivity index (χ4n) is 8.35. The van der Waals surface area contributed by atoms with Gasteiger partial charge in [-0.3, -0.25) is 14.4 Å². The molecular weight excluding hydrogens is 384 g/mol. The number of esters is 2. The molecule has 8 atom stereocenters. The lowest BCUT2D eigenvalue weighted by Gasteiger charge is -2.62. The molecule has 0 amide bonds. The van der Waals surface area contributed by atoms with Crippen LogP contribution in [0.2, 0.25) is 0 Å². The van der Waals surface area contributed by atoms with Crippen molar-refractivity contribution in [3.8, 4) is 0 Å². The van der Waals surface area contributed by atoms with E-state index in [0.717, 1.165) is 18.4 Å². The Labute approximate surface area is 177 Å². The molecule has 0 bridgehead atoms. The van der Waals surface area contributed by atoms with Crippen molar-refractivity contribution in [1.82, 2.24) is 0 Å². The van der Waals surface area contributed by atoms with E-state index >= 15 is 0 Å². The number of carbonyl (C=O) groups excluding carboxylic acids is 3. The van der Waals surface area contributed by atoms with Crippen molar-refractivity contribution in [3.05, 3.63) is 11.6 Å². The first-order valence-corrected chi connectivity index (χ1v) is 11.4. The van der Waals surface area contributed by atoms with Crippen LogP contribution < -0.4 is 0 Å². The molecule has 1 aliphatic heterocycles. The molecule has 0 aromatic carbocycles. The zero-order chi connectivity index (χ0) is 21.5. The summed E-state index contributed by atoms with van der Waals surface area (Å²) in [4.78, 5) is 37.2. The van der Waals surface area contributed by atoms with Gasteiger partial charge in [0.1, 0.15) is 5.60 Å². The molecule has 0 radical (unpaired) electrons. The van der Waals surface area contributed by atoms with Gasteiger partial charge in [-0.2, -0.15) is 0 Å². The lowest BCUT2D eigenvalue weighted by atomic mass is 9.43. The van der Waals surface area contributed by atoms with E-state index in [4.69, 9.17) is 9.47 Å². The first kappa shape index (κ1) is 20.2. The largest absolute Gasteiger partial charge is 0.469 e. The first-order valence-electron chi connectivity index (χ1n) is 11.4. The van der Waals surface area contributed by atoms with E-state index in [1.807, 2.05) is 0 Å². The van der Waals surface area contributed by atoms with Crippen LogP contribution in [-0.4, -0.2) is 41.6 Å². The number of allylic oxidation sites excluding steroid dienone is 1. The van der Waals surface area contributed by atoms with Gasteiger partial charge in [0.05, 0.1) is 19.1 Å². The number of ketones is 1. The van der Waals surface area contributed by atoms with Gasteiger partial charge >= 0.3 is 11.9 Å². The molecule has 164 valence electrons. The summed E-state index contributed by atoms with van der Waals surface area (Å²) >= 11 is 0. The van der Waals surface area contributed by atoms with Crippen LogP contribution in [0.1, 0.15) is 65.2 Å². The monoisotopic (exact) mass is 416 g/mol. The number of hydrogen-bond donors (Lipinski definition) is 1. The summed E-state index contributed by atoms with van der Waals surface area (Å²) in [5, 5.41) is 11.6. The molecule has 4 fully saturated rings.